The normalized spacial score (nSPS) is 10.9. The van der Waals surface area contributed by atoms with Gasteiger partial charge in [-0.3, -0.25) is 0 Å². The van der Waals surface area contributed by atoms with E-state index in [0.717, 1.165) is 4.26 Å². The third kappa shape index (κ3) is 1.61. The molecule has 0 bridgehead atoms. The van der Waals surface area contributed by atoms with Crippen molar-refractivity contribution in [3.8, 4) is 17.6 Å². The van der Waals surface area contributed by atoms with E-state index in [-0.39, 0.29) is 26.0 Å². The van der Waals surface area contributed by atoms with Gasteiger partial charge in [0, 0.05) is 0 Å². The third-order valence-electron chi connectivity index (χ3n) is 2.45. The Hall–Kier alpha value is -2.11. The zero-order valence-corrected chi connectivity index (χ0v) is 10.7. The van der Waals surface area contributed by atoms with E-state index in [0.29, 0.717) is 5.39 Å². The van der Waals surface area contributed by atoms with Crippen LogP contribution in [0.25, 0.3) is 15.3 Å². The Morgan fingerprint density at radius 2 is 2.00 bits per heavy atom. The van der Waals surface area contributed by atoms with Gasteiger partial charge in [0.25, 0.3) is 0 Å². The van der Waals surface area contributed by atoms with E-state index in [2.05, 4.69) is 9.97 Å². The van der Waals surface area contributed by atoms with Crippen molar-refractivity contribution in [2.75, 3.05) is 0 Å². The van der Waals surface area contributed by atoms with E-state index >= 15 is 0 Å². The average Bonchev–Trinajstić information content (AvgIpc) is 2.68. The van der Waals surface area contributed by atoms with Crippen molar-refractivity contribution in [2.45, 2.75) is 0 Å². The number of hydrogen-bond donors (Lipinski definition) is 2. The van der Waals surface area contributed by atoms with Crippen molar-refractivity contribution in [1.29, 1.82) is 0 Å². The summed E-state index contributed by atoms with van der Waals surface area (Å²) in [6.07, 6.45) is 1.24. The van der Waals surface area contributed by atoms with Crippen LogP contribution in [0.4, 0.5) is 0 Å². The molecule has 0 aliphatic heterocycles. The van der Waals surface area contributed by atoms with Gasteiger partial charge in [0.1, 0.15) is 0 Å². The fourth-order valence-electron chi connectivity index (χ4n) is 1.63. The molecule has 0 spiro atoms. The van der Waals surface area contributed by atoms with Gasteiger partial charge in [0.05, 0.1) is 0 Å². The van der Waals surface area contributed by atoms with Gasteiger partial charge in [0.15, 0.2) is 0 Å². The first kappa shape index (κ1) is 11.0. The molecule has 0 unspecified atom stereocenters. The molecule has 6 nitrogen and oxygen atoms in total. The zero-order valence-electron chi connectivity index (χ0n) is 8.94. The summed E-state index contributed by atoms with van der Waals surface area (Å²) in [5.41, 5.74) is 0.0317. The minimum absolute atomic E-state index is 0.185. The van der Waals surface area contributed by atoms with Crippen LogP contribution in [-0.2, 0) is 0 Å². The first-order chi connectivity index (χ1) is 8.66. The number of aromatic hydroxyl groups is 2. The average molecular weight is 308 g/mol. The van der Waals surface area contributed by atoms with E-state index in [1.54, 1.807) is 12.1 Å². The number of rotatable bonds is 1. The second kappa shape index (κ2) is 3.97. The van der Waals surface area contributed by atoms with Crippen LogP contribution >= 0.6 is 0 Å². The third-order valence-corrected chi connectivity index (χ3v) is 4.75. The summed E-state index contributed by atoms with van der Waals surface area (Å²) in [6, 6.07) is 6.77. The molecule has 0 saturated carbocycles. The molecule has 0 amide bonds. The van der Waals surface area contributed by atoms with Gasteiger partial charge >= 0.3 is 107 Å². The molecule has 3 rings (SSSR count). The molecular weight excluding hydrogens is 301 g/mol. The molecule has 0 aliphatic carbocycles. The maximum atomic E-state index is 12.1. The van der Waals surface area contributed by atoms with Gasteiger partial charge in [-0.05, 0) is 0 Å². The topological polar surface area (TPSA) is 88.2 Å². The minimum atomic E-state index is -0.520. The van der Waals surface area contributed by atoms with Crippen LogP contribution in [0.5, 0.6) is 11.9 Å². The van der Waals surface area contributed by atoms with Crippen LogP contribution in [0.15, 0.2) is 35.3 Å². The van der Waals surface area contributed by atoms with E-state index in [9.17, 15) is 9.90 Å². The van der Waals surface area contributed by atoms with Crippen molar-refractivity contribution >= 4 is 24.4 Å². The predicted octanol–water partition coefficient (Wildman–Crippen LogP) is 0.249. The molecule has 0 atom stereocenters. The summed E-state index contributed by atoms with van der Waals surface area (Å²) in [5.74, 6) is -0.398. The second-order valence-electron chi connectivity index (χ2n) is 3.57. The van der Waals surface area contributed by atoms with E-state index in [4.69, 9.17) is 5.11 Å². The zero-order chi connectivity index (χ0) is 12.7. The molecule has 0 aliphatic rings. The molecule has 0 radical (unpaired) electrons. The Kier molecular flexibility index (Phi) is 2.43. The number of fused-ring (bicyclic) bond motifs is 1. The van der Waals surface area contributed by atoms with Gasteiger partial charge in [-0.15, -0.1) is 0 Å². The van der Waals surface area contributed by atoms with Crippen LogP contribution < -0.4 is 5.56 Å². The molecule has 3 aromatic rings. The first-order valence-corrected chi connectivity index (χ1v) is 6.65. The predicted molar refractivity (Wildman–Crippen MR) is 65.4 cm³/mol. The molecular formula is C11H7N3O3Se. The summed E-state index contributed by atoms with van der Waals surface area (Å²) in [5, 5.41) is 19.3. The van der Waals surface area contributed by atoms with Crippen LogP contribution in [0.3, 0.4) is 0 Å². The molecule has 2 heterocycles. The summed E-state index contributed by atoms with van der Waals surface area (Å²) in [4.78, 5) is 19.2. The maximum absolute atomic E-state index is 12.1. The summed E-state index contributed by atoms with van der Waals surface area (Å²) < 4.78 is 2.38. The number of nitrogens with zero attached hydrogens (tertiary/aromatic N) is 3. The Morgan fingerprint density at radius 1 is 1.22 bits per heavy atom. The van der Waals surface area contributed by atoms with Gasteiger partial charge in [-0.2, -0.15) is 0 Å². The van der Waals surface area contributed by atoms with Crippen LogP contribution in [-0.4, -0.2) is 38.5 Å². The van der Waals surface area contributed by atoms with Crippen LogP contribution in [0.2, 0.25) is 0 Å². The summed E-state index contributed by atoms with van der Waals surface area (Å²) in [6.45, 7) is 0. The Balaban J connectivity index is 2.32. The van der Waals surface area contributed by atoms with Gasteiger partial charge in [0.2, 0.25) is 0 Å². The van der Waals surface area contributed by atoms with Gasteiger partial charge in [-0.25, -0.2) is 0 Å². The fourth-order valence-corrected chi connectivity index (χ4v) is 3.73. The molecule has 0 fully saturated rings. The molecule has 18 heavy (non-hydrogen) atoms. The number of hydrogen-bond acceptors (Lipinski definition) is 5. The SMILES string of the molecule is O=c1c2ccccc2[se]n1-c1cnc(O)nc1O. The van der Waals surface area contributed by atoms with E-state index in [1.165, 1.54) is 9.76 Å². The monoisotopic (exact) mass is 309 g/mol. The first-order valence-electron chi connectivity index (χ1n) is 5.03. The summed E-state index contributed by atoms with van der Waals surface area (Å²) in [7, 11) is 0. The van der Waals surface area contributed by atoms with Crippen LogP contribution in [0, 0.1) is 0 Å². The van der Waals surface area contributed by atoms with Crippen molar-refractivity contribution in [2.24, 2.45) is 0 Å². The molecule has 2 N–H and O–H groups in total. The van der Waals surface area contributed by atoms with Gasteiger partial charge < -0.3 is 0 Å². The molecule has 7 heteroatoms. The van der Waals surface area contributed by atoms with Crippen LogP contribution in [0.1, 0.15) is 0 Å². The second-order valence-corrected chi connectivity index (χ2v) is 5.64. The molecule has 1 aromatic carbocycles. The molecule has 90 valence electrons. The Bertz CT molecular complexity index is 794. The quantitative estimate of drug-likeness (QED) is 0.629. The van der Waals surface area contributed by atoms with Crippen molar-refractivity contribution in [3.63, 3.8) is 0 Å². The Morgan fingerprint density at radius 3 is 2.72 bits per heavy atom. The standard InChI is InChI=1S/C11H7N3O3Se/c15-9-7(5-12-11(17)13-9)14-10(16)6-3-1-2-4-8(6)18-14/h1-5H,(H2,12,13,15,17). The Labute approximate surface area is 107 Å². The van der Waals surface area contributed by atoms with E-state index < -0.39 is 11.9 Å². The molecule has 2 aromatic heterocycles. The van der Waals surface area contributed by atoms with E-state index in [1.807, 2.05) is 12.1 Å². The molecule has 0 saturated heterocycles. The van der Waals surface area contributed by atoms with Crippen molar-refractivity contribution < 1.29 is 10.2 Å². The fraction of sp³-hybridized carbons (Fsp3) is 0. The number of benzene rings is 1. The van der Waals surface area contributed by atoms with Crippen molar-refractivity contribution in [1.82, 2.24) is 13.5 Å². The number of aromatic nitrogens is 3. The van der Waals surface area contributed by atoms with Gasteiger partial charge in [-0.1, -0.05) is 0 Å². The van der Waals surface area contributed by atoms with Crippen molar-refractivity contribution in [3.05, 3.63) is 40.8 Å². The summed E-state index contributed by atoms with van der Waals surface area (Å²) >= 11 is -0.258.